The quantitative estimate of drug-likeness (QED) is 0.651. The van der Waals surface area contributed by atoms with Gasteiger partial charge in [-0.2, -0.15) is 0 Å². The van der Waals surface area contributed by atoms with E-state index in [1.54, 1.807) is 13.0 Å². The Labute approximate surface area is 133 Å². The Hall–Kier alpha value is -1.25. The average Bonchev–Trinajstić information content (AvgIpc) is 3.19. The lowest BCUT2D eigenvalue weighted by atomic mass is 10.1. The minimum atomic E-state index is -0.268. The smallest absolute Gasteiger partial charge is 0.171 e. The van der Waals surface area contributed by atoms with Crippen molar-refractivity contribution in [2.75, 3.05) is 13.2 Å². The molecule has 0 atom stereocenters. The van der Waals surface area contributed by atoms with E-state index in [4.69, 9.17) is 9.47 Å². The molecular formula is C19H27FO2. The van der Waals surface area contributed by atoms with Crippen molar-refractivity contribution in [1.29, 1.82) is 0 Å². The molecule has 0 bridgehead atoms. The molecule has 1 aromatic rings. The topological polar surface area (TPSA) is 18.5 Å². The molecule has 3 heteroatoms. The predicted molar refractivity (Wildman–Crippen MR) is 86.0 cm³/mol. The molecule has 2 aliphatic rings. The molecule has 0 spiro atoms. The van der Waals surface area contributed by atoms with E-state index in [-0.39, 0.29) is 5.82 Å². The fourth-order valence-corrected chi connectivity index (χ4v) is 3.29. The molecule has 122 valence electrons. The third-order valence-corrected chi connectivity index (χ3v) is 5.04. The number of ether oxygens (including phenoxy) is 2. The fourth-order valence-electron chi connectivity index (χ4n) is 3.29. The minimum Gasteiger partial charge on any atom is -0.493 e. The van der Waals surface area contributed by atoms with Crippen LogP contribution in [0.4, 0.5) is 4.39 Å². The molecule has 1 aromatic carbocycles. The van der Waals surface area contributed by atoms with Gasteiger partial charge in [0.25, 0.3) is 0 Å². The van der Waals surface area contributed by atoms with Crippen LogP contribution in [0.1, 0.15) is 56.9 Å². The highest BCUT2D eigenvalue weighted by molar-refractivity contribution is 5.41. The zero-order chi connectivity index (χ0) is 15.4. The Morgan fingerprint density at radius 1 is 0.909 bits per heavy atom. The molecular weight excluding hydrogens is 279 g/mol. The van der Waals surface area contributed by atoms with Crippen molar-refractivity contribution in [3.63, 3.8) is 0 Å². The summed E-state index contributed by atoms with van der Waals surface area (Å²) in [6, 6.07) is 3.56. The van der Waals surface area contributed by atoms with Crippen LogP contribution in [0.5, 0.6) is 11.5 Å². The maximum absolute atomic E-state index is 14.4. The van der Waals surface area contributed by atoms with Crippen LogP contribution >= 0.6 is 0 Å². The molecule has 22 heavy (non-hydrogen) atoms. The van der Waals surface area contributed by atoms with Crippen molar-refractivity contribution in [2.45, 2.75) is 58.3 Å². The molecule has 0 aliphatic heterocycles. The van der Waals surface area contributed by atoms with E-state index in [2.05, 4.69) is 0 Å². The normalized spacial score (nSPS) is 18.6. The molecule has 0 saturated heterocycles. The monoisotopic (exact) mass is 306 g/mol. The van der Waals surface area contributed by atoms with Gasteiger partial charge in [0.1, 0.15) is 5.75 Å². The largest absolute Gasteiger partial charge is 0.493 e. The van der Waals surface area contributed by atoms with Gasteiger partial charge >= 0.3 is 0 Å². The second-order valence-corrected chi connectivity index (χ2v) is 6.87. The van der Waals surface area contributed by atoms with E-state index in [0.29, 0.717) is 30.3 Å². The summed E-state index contributed by atoms with van der Waals surface area (Å²) < 4.78 is 25.7. The van der Waals surface area contributed by atoms with Crippen molar-refractivity contribution in [1.82, 2.24) is 0 Å². The highest BCUT2D eigenvalue weighted by Gasteiger charge is 2.21. The SMILES string of the molecule is Cc1c(OCCC2CC2)ccc(OCCC2CCCC2)c1F. The lowest BCUT2D eigenvalue weighted by molar-refractivity contribution is 0.263. The molecule has 2 saturated carbocycles. The molecule has 0 aromatic heterocycles. The molecule has 0 amide bonds. The lowest BCUT2D eigenvalue weighted by Gasteiger charge is -2.14. The number of hydrogen-bond donors (Lipinski definition) is 0. The summed E-state index contributed by atoms with van der Waals surface area (Å²) in [4.78, 5) is 0. The summed E-state index contributed by atoms with van der Waals surface area (Å²) >= 11 is 0. The van der Waals surface area contributed by atoms with Crippen LogP contribution in [0, 0.1) is 24.6 Å². The van der Waals surface area contributed by atoms with Crippen LogP contribution in [0.2, 0.25) is 0 Å². The van der Waals surface area contributed by atoms with Crippen molar-refractivity contribution in [3.05, 3.63) is 23.5 Å². The first kappa shape index (κ1) is 15.6. The van der Waals surface area contributed by atoms with Gasteiger partial charge in [-0.1, -0.05) is 38.5 Å². The van der Waals surface area contributed by atoms with Crippen LogP contribution in [0.25, 0.3) is 0 Å². The second kappa shape index (κ2) is 7.34. The summed E-state index contributed by atoms with van der Waals surface area (Å²) in [5.41, 5.74) is 0.564. The highest BCUT2D eigenvalue weighted by atomic mass is 19.1. The zero-order valence-electron chi connectivity index (χ0n) is 13.6. The third kappa shape index (κ3) is 4.15. The predicted octanol–water partition coefficient (Wildman–Crippen LogP) is 5.27. The summed E-state index contributed by atoms with van der Waals surface area (Å²) in [6.07, 6.45) is 10.1. The third-order valence-electron chi connectivity index (χ3n) is 5.04. The van der Waals surface area contributed by atoms with Gasteiger partial charge in [0.2, 0.25) is 0 Å². The van der Waals surface area contributed by atoms with E-state index < -0.39 is 0 Å². The average molecular weight is 306 g/mol. The summed E-state index contributed by atoms with van der Waals surface area (Å²) in [5.74, 6) is 2.36. The summed E-state index contributed by atoms with van der Waals surface area (Å²) in [5, 5.41) is 0. The molecule has 2 fully saturated rings. The number of rotatable bonds is 8. The van der Waals surface area contributed by atoms with Crippen LogP contribution in [-0.4, -0.2) is 13.2 Å². The maximum Gasteiger partial charge on any atom is 0.171 e. The number of halogens is 1. The van der Waals surface area contributed by atoms with Crippen molar-refractivity contribution in [3.8, 4) is 11.5 Å². The highest BCUT2D eigenvalue weighted by Crippen LogP contribution is 2.34. The molecule has 3 rings (SSSR count). The van der Waals surface area contributed by atoms with Crippen molar-refractivity contribution < 1.29 is 13.9 Å². The van der Waals surface area contributed by atoms with Crippen LogP contribution in [0.3, 0.4) is 0 Å². The van der Waals surface area contributed by atoms with Crippen molar-refractivity contribution >= 4 is 0 Å². The second-order valence-electron chi connectivity index (χ2n) is 6.87. The fraction of sp³-hybridized carbons (Fsp3) is 0.684. The minimum absolute atomic E-state index is 0.268. The van der Waals surface area contributed by atoms with Gasteiger partial charge in [0.15, 0.2) is 11.6 Å². The number of benzene rings is 1. The standard InChI is InChI=1S/C19H27FO2/c1-14-17(21-12-11-16-6-7-16)8-9-18(19(14)20)22-13-10-15-4-2-3-5-15/h8-9,15-16H,2-7,10-13H2,1H3. The van der Waals surface area contributed by atoms with E-state index in [0.717, 1.165) is 24.7 Å². The molecule has 0 radical (unpaired) electrons. The van der Waals surface area contributed by atoms with Gasteiger partial charge in [-0.15, -0.1) is 0 Å². The van der Waals surface area contributed by atoms with Gasteiger partial charge in [-0.05, 0) is 43.7 Å². The Morgan fingerprint density at radius 2 is 1.45 bits per heavy atom. The Bertz CT molecular complexity index is 490. The van der Waals surface area contributed by atoms with E-state index >= 15 is 0 Å². The molecule has 0 N–H and O–H groups in total. The lowest BCUT2D eigenvalue weighted by Crippen LogP contribution is -2.06. The summed E-state index contributed by atoms with van der Waals surface area (Å²) in [7, 11) is 0. The molecule has 0 unspecified atom stereocenters. The Balaban J connectivity index is 1.49. The van der Waals surface area contributed by atoms with Crippen molar-refractivity contribution in [2.24, 2.45) is 11.8 Å². The zero-order valence-corrected chi connectivity index (χ0v) is 13.6. The first-order valence-electron chi connectivity index (χ1n) is 8.78. The molecule has 2 nitrogen and oxygen atoms in total. The van der Waals surface area contributed by atoms with Gasteiger partial charge in [0.05, 0.1) is 13.2 Å². The molecule has 2 aliphatic carbocycles. The summed E-state index contributed by atoms with van der Waals surface area (Å²) in [6.45, 7) is 3.07. The first-order chi connectivity index (χ1) is 10.7. The molecule has 0 heterocycles. The maximum atomic E-state index is 14.4. The first-order valence-corrected chi connectivity index (χ1v) is 8.78. The van der Waals surface area contributed by atoms with E-state index in [9.17, 15) is 4.39 Å². The van der Waals surface area contributed by atoms with Crippen LogP contribution in [0.15, 0.2) is 12.1 Å². The van der Waals surface area contributed by atoms with Gasteiger partial charge in [0, 0.05) is 5.56 Å². The van der Waals surface area contributed by atoms with E-state index in [1.165, 1.54) is 38.5 Å². The number of hydrogen-bond acceptors (Lipinski definition) is 2. The van der Waals surface area contributed by atoms with Gasteiger partial charge in [-0.3, -0.25) is 0 Å². The van der Waals surface area contributed by atoms with Gasteiger partial charge in [-0.25, -0.2) is 4.39 Å². The Morgan fingerprint density at radius 3 is 2.09 bits per heavy atom. The van der Waals surface area contributed by atoms with Crippen LogP contribution < -0.4 is 9.47 Å². The van der Waals surface area contributed by atoms with Gasteiger partial charge < -0.3 is 9.47 Å². The van der Waals surface area contributed by atoms with E-state index in [1.807, 2.05) is 6.07 Å². The van der Waals surface area contributed by atoms with Crippen LogP contribution in [-0.2, 0) is 0 Å². The Kier molecular flexibility index (Phi) is 5.22.